The molecule has 7 nitrogen and oxygen atoms in total. The summed E-state index contributed by atoms with van der Waals surface area (Å²) in [6.45, 7) is 1.79. The predicted octanol–water partition coefficient (Wildman–Crippen LogP) is 3.07. The first-order valence-corrected chi connectivity index (χ1v) is 9.31. The van der Waals surface area contributed by atoms with Crippen LogP contribution in [0, 0.1) is 0 Å². The minimum absolute atomic E-state index is 0.225. The van der Waals surface area contributed by atoms with E-state index in [1.807, 2.05) is 37.3 Å². The molecule has 156 valence electrons. The van der Waals surface area contributed by atoms with Crippen molar-refractivity contribution >= 4 is 11.9 Å². The van der Waals surface area contributed by atoms with Gasteiger partial charge in [0.2, 0.25) is 5.75 Å². The SMILES string of the molecule is CC[C@H](C(=O)OCC(=O)NCc1cc(OC)c(OC)c(OC)c1)c1ccccc1. The maximum atomic E-state index is 12.3. The predicted molar refractivity (Wildman–Crippen MR) is 108 cm³/mol. The molecule has 0 aliphatic carbocycles. The maximum absolute atomic E-state index is 12.3. The molecule has 0 spiro atoms. The average molecular weight is 401 g/mol. The summed E-state index contributed by atoms with van der Waals surface area (Å²) in [5.74, 6) is 0.272. The Hall–Kier alpha value is -3.22. The number of carbonyl (C=O) groups excluding carboxylic acids is 2. The third-order valence-electron chi connectivity index (χ3n) is 4.45. The molecule has 0 fully saturated rings. The number of methoxy groups -OCH3 is 3. The highest BCUT2D eigenvalue weighted by Gasteiger charge is 2.21. The fourth-order valence-electron chi connectivity index (χ4n) is 2.95. The Bertz CT molecular complexity index is 796. The summed E-state index contributed by atoms with van der Waals surface area (Å²) >= 11 is 0. The molecule has 2 aromatic rings. The topological polar surface area (TPSA) is 83.1 Å². The number of esters is 1. The van der Waals surface area contributed by atoms with Gasteiger partial charge in [0.15, 0.2) is 18.1 Å². The second-order valence-electron chi connectivity index (χ2n) is 6.29. The van der Waals surface area contributed by atoms with Crippen molar-refractivity contribution in [3.8, 4) is 17.2 Å². The smallest absolute Gasteiger partial charge is 0.313 e. The lowest BCUT2D eigenvalue weighted by atomic mass is 9.97. The van der Waals surface area contributed by atoms with Crippen LogP contribution in [0.2, 0.25) is 0 Å². The van der Waals surface area contributed by atoms with E-state index in [-0.39, 0.29) is 19.1 Å². The highest BCUT2D eigenvalue weighted by molar-refractivity contribution is 5.83. The number of ether oxygens (including phenoxy) is 4. The lowest BCUT2D eigenvalue weighted by molar-refractivity contribution is -0.150. The maximum Gasteiger partial charge on any atom is 0.313 e. The molecule has 2 aromatic carbocycles. The van der Waals surface area contributed by atoms with Crippen LogP contribution in [-0.2, 0) is 20.9 Å². The van der Waals surface area contributed by atoms with Gasteiger partial charge in [0.1, 0.15) is 0 Å². The third kappa shape index (κ3) is 5.88. The van der Waals surface area contributed by atoms with Crippen molar-refractivity contribution in [3.05, 3.63) is 53.6 Å². The summed E-state index contributed by atoms with van der Waals surface area (Å²) in [5.41, 5.74) is 1.63. The lowest BCUT2D eigenvalue weighted by Gasteiger charge is -2.15. The second-order valence-corrected chi connectivity index (χ2v) is 6.29. The molecule has 0 saturated heterocycles. The summed E-state index contributed by atoms with van der Waals surface area (Å²) in [5, 5.41) is 2.72. The average Bonchev–Trinajstić information content (AvgIpc) is 2.76. The summed E-state index contributed by atoms with van der Waals surface area (Å²) in [6.07, 6.45) is 0.593. The Morgan fingerprint density at radius 3 is 2.10 bits per heavy atom. The molecule has 1 amide bonds. The van der Waals surface area contributed by atoms with Crippen LogP contribution in [-0.4, -0.2) is 39.8 Å². The molecule has 0 bridgehead atoms. The van der Waals surface area contributed by atoms with E-state index in [0.29, 0.717) is 23.7 Å². The van der Waals surface area contributed by atoms with Crippen molar-refractivity contribution in [2.75, 3.05) is 27.9 Å². The molecule has 29 heavy (non-hydrogen) atoms. The van der Waals surface area contributed by atoms with Gasteiger partial charge in [0, 0.05) is 6.54 Å². The van der Waals surface area contributed by atoms with Gasteiger partial charge < -0.3 is 24.3 Å². The number of nitrogens with one attached hydrogen (secondary N) is 1. The van der Waals surface area contributed by atoms with Crippen LogP contribution < -0.4 is 19.5 Å². The fraction of sp³-hybridized carbons (Fsp3) is 0.364. The van der Waals surface area contributed by atoms with Crippen molar-refractivity contribution in [2.45, 2.75) is 25.8 Å². The lowest BCUT2D eigenvalue weighted by Crippen LogP contribution is -2.29. The van der Waals surface area contributed by atoms with Gasteiger partial charge in [-0.1, -0.05) is 37.3 Å². The second kappa shape index (κ2) is 10.9. The van der Waals surface area contributed by atoms with E-state index in [1.54, 1.807) is 12.1 Å². The molecular weight excluding hydrogens is 374 g/mol. The monoisotopic (exact) mass is 401 g/mol. The summed E-state index contributed by atoms with van der Waals surface area (Å²) in [6, 6.07) is 12.9. The van der Waals surface area contributed by atoms with Gasteiger partial charge in [0.25, 0.3) is 5.91 Å². The zero-order valence-electron chi connectivity index (χ0n) is 17.2. The minimum Gasteiger partial charge on any atom is -0.493 e. The van der Waals surface area contributed by atoms with Crippen molar-refractivity contribution in [3.63, 3.8) is 0 Å². The molecule has 0 aliphatic rings. The van der Waals surface area contributed by atoms with Crippen LogP contribution in [0.3, 0.4) is 0 Å². The zero-order valence-corrected chi connectivity index (χ0v) is 17.2. The van der Waals surface area contributed by atoms with Crippen molar-refractivity contribution in [1.82, 2.24) is 5.32 Å². The Kier molecular flexibility index (Phi) is 8.33. The van der Waals surface area contributed by atoms with E-state index in [4.69, 9.17) is 18.9 Å². The first-order valence-electron chi connectivity index (χ1n) is 9.31. The quantitative estimate of drug-likeness (QED) is 0.616. The Labute approximate surface area is 170 Å². The van der Waals surface area contributed by atoms with Gasteiger partial charge in [-0.25, -0.2) is 0 Å². The molecule has 2 rings (SSSR count). The van der Waals surface area contributed by atoms with Gasteiger partial charge in [-0.2, -0.15) is 0 Å². The molecule has 7 heteroatoms. The Morgan fingerprint density at radius 1 is 0.966 bits per heavy atom. The van der Waals surface area contributed by atoms with Crippen molar-refractivity contribution in [2.24, 2.45) is 0 Å². The van der Waals surface area contributed by atoms with Crippen LogP contribution in [0.5, 0.6) is 17.2 Å². The van der Waals surface area contributed by atoms with Gasteiger partial charge in [-0.05, 0) is 29.7 Å². The molecule has 0 aliphatic heterocycles. The van der Waals surface area contributed by atoms with Crippen LogP contribution >= 0.6 is 0 Å². The molecule has 1 atom stereocenters. The number of carbonyl (C=O) groups is 2. The molecule has 0 aromatic heterocycles. The molecule has 0 unspecified atom stereocenters. The highest BCUT2D eigenvalue weighted by atomic mass is 16.5. The van der Waals surface area contributed by atoms with E-state index < -0.39 is 11.9 Å². The van der Waals surface area contributed by atoms with Crippen LogP contribution in [0.4, 0.5) is 0 Å². The fourth-order valence-corrected chi connectivity index (χ4v) is 2.95. The molecule has 0 heterocycles. The number of rotatable bonds is 10. The Balaban J connectivity index is 1.92. The zero-order chi connectivity index (χ0) is 21.2. The van der Waals surface area contributed by atoms with Gasteiger partial charge in [0.05, 0.1) is 27.2 Å². The van der Waals surface area contributed by atoms with Crippen molar-refractivity contribution in [1.29, 1.82) is 0 Å². The van der Waals surface area contributed by atoms with E-state index in [9.17, 15) is 9.59 Å². The third-order valence-corrected chi connectivity index (χ3v) is 4.45. The first-order chi connectivity index (χ1) is 14.0. The molecular formula is C22H27NO6. The Morgan fingerprint density at radius 2 is 1.59 bits per heavy atom. The van der Waals surface area contributed by atoms with Gasteiger partial charge >= 0.3 is 5.97 Å². The van der Waals surface area contributed by atoms with Crippen LogP contribution in [0.15, 0.2) is 42.5 Å². The number of amides is 1. The normalized spacial score (nSPS) is 11.3. The van der Waals surface area contributed by atoms with Crippen LogP contribution in [0.25, 0.3) is 0 Å². The summed E-state index contributed by atoms with van der Waals surface area (Å²) < 4.78 is 21.1. The number of hydrogen-bond donors (Lipinski definition) is 1. The van der Waals surface area contributed by atoms with E-state index in [2.05, 4.69) is 5.32 Å². The summed E-state index contributed by atoms with van der Waals surface area (Å²) in [4.78, 5) is 24.5. The van der Waals surface area contributed by atoms with E-state index in [0.717, 1.165) is 11.1 Å². The number of benzene rings is 2. The summed E-state index contributed by atoms with van der Waals surface area (Å²) in [7, 11) is 4.57. The molecule has 1 N–H and O–H groups in total. The molecule has 0 radical (unpaired) electrons. The molecule has 0 saturated carbocycles. The van der Waals surface area contributed by atoms with Gasteiger partial charge in [-0.3, -0.25) is 9.59 Å². The van der Waals surface area contributed by atoms with E-state index >= 15 is 0 Å². The standard InChI is InChI=1S/C22H27NO6/c1-5-17(16-9-7-6-8-10-16)22(25)29-14-20(24)23-13-15-11-18(26-2)21(28-4)19(12-15)27-3/h6-12,17H,5,13-14H2,1-4H3,(H,23,24)/t17-/m0/s1. The minimum atomic E-state index is -0.415. The van der Waals surface area contributed by atoms with Crippen molar-refractivity contribution < 1.29 is 28.5 Å². The first kappa shape index (κ1) is 22.1. The number of hydrogen-bond acceptors (Lipinski definition) is 6. The largest absolute Gasteiger partial charge is 0.493 e. The van der Waals surface area contributed by atoms with Crippen LogP contribution in [0.1, 0.15) is 30.4 Å². The van der Waals surface area contributed by atoms with Gasteiger partial charge in [-0.15, -0.1) is 0 Å². The van der Waals surface area contributed by atoms with E-state index in [1.165, 1.54) is 21.3 Å². The highest BCUT2D eigenvalue weighted by Crippen LogP contribution is 2.38.